The molecule has 0 saturated carbocycles. The highest BCUT2D eigenvalue weighted by Gasteiger charge is 2.36. The first kappa shape index (κ1) is 31.0. The zero-order valence-corrected chi connectivity index (χ0v) is 28.5. The van der Waals surface area contributed by atoms with Crippen molar-refractivity contribution in [2.45, 2.75) is 70.7 Å². The van der Waals surface area contributed by atoms with E-state index in [0.29, 0.717) is 24.2 Å². The molecule has 1 N–H and O–H groups in total. The number of nitrogens with zero attached hydrogens (tertiary/aromatic N) is 4. The van der Waals surface area contributed by atoms with E-state index < -0.39 is 0 Å². The van der Waals surface area contributed by atoms with Crippen LogP contribution in [0.3, 0.4) is 0 Å². The molecule has 3 saturated heterocycles. The molecular formula is C32H42BBr2ClN4O2. The highest BCUT2D eigenvalue weighted by molar-refractivity contribution is 9.10. The minimum Gasteiger partial charge on any atom is -0.437 e. The summed E-state index contributed by atoms with van der Waals surface area (Å²) in [5, 5.41) is 10.6. The van der Waals surface area contributed by atoms with Crippen molar-refractivity contribution in [3.05, 3.63) is 60.7 Å². The molecule has 4 aliphatic rings. The van der Waals surface area contributed by atoms with E-state index in [2.05, 4.69) is 64.7 Å². The van der Waals surface area contributed by atoms with Crippen molar-refractivity contribution >= 4 is 56.4 Å². The van der Waals surface area contributed by atoms with Gasteiger partial charge in [-0.25, -0.2) is 0 Å². The number of hydrogen-bond acceptors (Lipinski definition) is 5. The summed E-state index contributed by atoms with van der Waals surface area (Å²) >= 11 is 13.9. The minimum absolute atomic E-state index is 0.145. The highest BCUT2D eigenvalue weighted by Crippen LogP contribution is 2.42. The van der Waals surface area contributed by atoms with Gasteiger partial charge in [0.05, 0.1) is 16.8 Å². The Morgan fingerprint density at radius 2 is 1.60 bits per heavy atom. The van der Waals surface area contributed by atoms with E-state index in [-0.39, 0.29) is 13.1 Å². The number of benzene rings is 1. The SMILES string of the molecule is CB(O)N1CCC(CC(=O)N2CCC(C3CCN(C4c5cc(Br)c(Cl)cc5CCc5cc(Br)cnc54)CC3)CC2)CC1. The zero-order valence-electron chi connectivity index (χ0n) is 24.6. The number of amides is 1. The van der Waals surface area contributed by atoms with E-state index in [9.17, 15) is 9.82 Å². The molecule has 6 rings (SSSR count). The maximum absolute atomic E-state index is 13.1. The Balaban J connectivity index is 1.06. The van der Waals surface area contributed by atoms with Gasteiger partial charge in [0.25, 0.3) is 0 Å². The number of carbonyl (C=O) groups is 1. The summed E-state index contributed by atoms with van der Waals surface area (Å²) in [6.45, 7) is 7.58. The van der Waals surface area contributed by atoms with E-state index in [1.54, 1.807) is 0 Å². The summed E-state index contributed by atoms with van der Waals surface area (Å²) in [7, 11) is -0.383. The van der Waals surface area contributed by atoms with Crippen LogP contribution in [-0.4, -0.2) is 76.8 Å². The predicted octanol–water partition coefficient (Wildman–Crippen LogP) is 6.61. The normalized spacial score (nSPS) is 23.4. The van der Waals surface area contributed by atoms with Gasteiger partial charge < -0.3 is 14.7 Å². The molecular weight excluding hydrogens is 678 g/mol. The summed E-state index contributed by atoms with van der Waals surface area (Å²) in [5.41, 5.74) is 5.18. The first-order valence-corrected chi connectivity index (χ1v) is 17.8. The minimum atomic E-state index is -0.383. The lowest BCUT2D eigenvalue weighted by molar-refractivity contribution is -0.134. The number of carbonyl (C=O) groups excluding carboxylic acids is 1. The summed E-state index contributed by atoms with van der Waals surface area (Å²) in [6, 6.07) is 6.77. The molecule has 3 aliphatic heterocycles. The van der Waals surface area contributed by atoms with Crippen LogP contribution in [0.15, 0.2) is 33.3 Å². The van der Waals surface area contributed by atoms with Gasteiger partial charge in [0.1, 0.15) is 0 Å². The quantitative estimate of drug-likeness (QED) is 0.353. The first-order valence-electron chi connectivity index (χ1n) is 15.8. The molecule has 0 bridgehead atoms. The van der Waals surface area contributed by atoms with Gasteiger partial charge in [0.2, 0.25) is 5.91 Å². The third-order valence-corrected chi connectivity index (χ3v) is 12.1. The Bertz CT molecular complexity index is 1280. The van der Waals surface area contributed by atoms with Crippen LogP contribution < -0.4 is 0 Å². The maximum Gasteiger partial charge on any atom is 0.376 e. The second kappa shape index (κ2) is 13.6. The fourth-order valence-corrected chi connectivity index (χ4v) is 8.90. The van der Waals surface area contributed by atoms with E-state index in [1.165, 1.54) is 35.2 Å². The van der Waals surface area contributed by atoms with Crippen LogP contribution in [0.25, 0.3) is 0 Å². The van der Waals surface area contributed by atoms with E-state index in [0.717, 1.165) is 97.7 Å². The lowest BCUT2D eigenvalue weighted by Gasteiger charge is -2.43. The predicted molar refractivity (Wildman–Crippen MR) is 177 cm³/mol. The topological polar surface area (TPSA) is 59.9 Å². The number of hydrogen-bond donors (Lipinski definition) is 1. The van der Waals surface area contributed by atoms with Gasteiger partial charge >= 0.3 is 7.05 Å². The number of fused-ring (bicyclic) bond motifs is 2. The number of pyridine rings is 1. The Hall–Kier alpha value is -0.965. The van der Waals surface area contributed by atoms with Crippen molar-refractivity contribution in [1.29, 1.82) is 0 Å². The fraction of sp³-hybridized carbons (Fsp3) is 0.625. The number of halogens is 3. The molecule has 226 valence electrons. The summed E-state index contributed by atoms with van der Waals surface area (Å²) in [6.07, 6.45) is 11.3. The largest absolute Gasteiger partial charge is 0.437 e. The molecule has 0 radical (unpaired) electrons. The van der Waals surface area contributed by atoms with Crippen LogP contribution in [0.2, 0.25) is 11.8 Å². The van der Waals surface area contributed by atoms with Crippen LogP contribution in [0.4, 0.5) is 0 Å². The Kier molecular flexibility index (Phi) is 10.0. The van der Waals surface area contributed by atoms with E-state index >= 15 is 0 Å². The third-order valence-electron chi connectivity index (χ3n) is 10.5. The average molecular weight is 721 g/mol. The van der Waals surface area contributed by atoms with Gasteiger partial charge in [0, 0.05) is 34.7 Å². The van der Waals surface area contributed by atoms with Crippen LogP contribution in [0.5, 0.6) is 0 Å². The Morgan fingerprint density at radius 3 is 2.26 bits per heavy atom. The van der Waals surface area contributed by atoms with E-state index in [1.807, 2.05) is 13.0 Å². The monoisotopic (exact) mass is 718 g/mol. The number of likely N-dealkylation sites (tertiary alicyclic amines) is 2. The number of piperidine rings is 3. The van der Waals surface area contributed by atoms with Gasteiger partial charge in [-0.05, 0) is 169 Å². The molecule has 1 aliphatic carbocycles. The van der Waals surface area contributed by atoms with Gasteiger partial charge in [-0.15, -0.1) is 0 Å². The fourth-order valence-electron chi connectivity index (χ4n) is 7.98. The van der Waals surface area contributed by atoms with Crippen molar-refractivity contribution in [2.24, 2.45) is 17.8 Å². The number of aryl methyl sites for hydroxylation is 2. The van der Waals surface area contributed by atoms with Crippen LogP contribution in [-0.2, 0) is 17.6 Å². The van der Waals surface area contributed by atoms with Crippen molar-refractivity contribution in [3.8, 4) is 0 Å². The van der Waals surface area contributed by atoms with Crippen LogP contribution in [0.1, 0.15) is 73.4 Å². The number of aromatic nitrogens is 1. The lowest BCUT2D eigenvalue weighted by Crippen LogP contribution is -2.45. The van der Waals surface area contributed by atoms with Gasteiger partial charge in [-0.3, -0.25) is 14.7 Å². The molecule has 6 nitrogen and oxygen atoms in total. The lowest BCUT2D eigenvalue weighted by atomic mass is 9.78. The highest BCUT2D eigenvalue weighted by atomic mass is 79.9. The molecule has 10 heteroatoms. The van der Waals surface area contributed by atoms with Gasteiger partial charge in [-0.1, -0.05) is 11.6 Å². The molecule has 3 fully saturated rings. The van der Waals surface area contributed by atoms with Crippen molar-refractivity contribution in [3.63, 3.8) is 0 Å². The Labute approximate surface area is 273 Å². The summed E-state index contributed by atoms with van der Waals surface area (Å²) in [5.74, 6) is 2.24. The molecule has 0 spiro atoms. The smallest absolute Gasteiger partial charge is 0.376 e. The van der Waals surface area contributed by atoms with Gasteiger partial charge in [-0.2, -0.15) is 0 Å². The molecule has 42 heavy (non-hydrogen) atoms. The first-order chi connectivity index (χ1) is 20.3. The molecule has 1 atom stereocenters. The molecule has 2 aromatic rings. The molecule has 1 unspecified atom stereocenters. The average Bonchev–Trinajstić information content (AvgIpc) is 3.14. The zero-order chi connectivity index (χ0) is 29.4. The van der Waals surface area contributed by atoms with Crippen LogP contribution >= 0.6 is 43.5 Å². The van der Waals surface area contributed by atoms with Crippen molar-refractivity contribution < 1.29 is 9.82 Å². The maximum atomic E-state index is 13.1. The van der Waals surface area contributed by atoms with Crippen molar-refractivity contribution in [1.82, 2.24) is 19.6 Å². The summed E-state index contributed by atoms with van der Waals surface area (Å²) in [4.78, 5) is 25.0. The van der Waals surface area contributed by atoms with Gasteiger partial charge in [0.15, 0.2) is 0 Å². The molecule has 1 aromatic heterocycles. The molecule has 1 aromatic carbocycles. The standard InChI is InChI=1S/C32H42BBr2ClN4O2/c1-33(42)40-14-4-21(5-15-40)16-30(41)38-10-6-22(7-11-38)23-8-12-39(13-9-23)32-27-19-28(35)29(36)18-24(27)2-3-25-17-26(34)20-37-31(25)32/h17-23,32,42H,2-16H2,1H3. The third kappa shape index (κ3) is 6.81. The molecule has 4 heterocycles. The number of rotatable bonds is 5. The second-order valence-electron chi connectivity index (χ2n) is 13.0. The van der Waals surface area contributed by atoms with Crippen LogP contribution in [0, 0.1) is 17.8 Å². The van der Waals surface area contributed by atoms with E-state index in [4.69, 9.17) is 16.6 Å². The summed E-state index contributed by atoms with van der Waals surface area (Å²) < 4.78 is 1.99. The second-order valence-corrected chi connectivity index (χ2v) is 15.1. The Morgan fingerprint density at radius 1 is 0.952 bits per heavy atom. The van der Waals surface area contributed by atoms with Crippen molar-refractivity contribution in [2.75, 3.05) is 39.3 Å². The molecule has 1 amide bonds.